The molecule has 0 atom stereocenters. The van der Waals surface area contributed by atoms with E-state index in [4.69, 9.17) is 26.0 Å². The van der Waals surface area contributed by atoms with Gasteiger partial charge < -0.3 is 30.9 Å². The van der Waals surface area contributed by atoms with E-state index in [9.17, 15) is 9.59 Å². The number of ether oxygens (including phenoxy) is 2. The summed E-state index contributed by atoms with van der Waals surface area (Å²) in [6.45, 7) is 2.00. The van der Waals surface area contributed by atoms with E-state index in [0.29, 0.717) is 38.3 Å². The van der Waals surface area contributed by atoms with Gasteiger partial charge >= 0.3 is 12.1 Å². The van der Waals surface area contributed by atoms with Gasteiger partial charge in [0.15, 0.2) is 6.61 Å². The van der Waals surface area contributed by atoms with Crippen LogP contribution in [-0.2, 0) is 16.1 Å². The summed E-state index contributed by atoms with van der Waals surface area (Å²) >= 11 is 0. The number of nitrogens with zero attached hydrogens (tertiary/aromatic N) is 1. The van der Waals surface area contributed by atoms with Crippen molar-refractivity contribution >= 4 is 12.1 Å². The number of carboxylic acids is 1. The van der Waals surface area contributed by atoms with Crippen LogP contribution in [0, 0.1) is 0 Å². The molecule has 140 valence electrons. The lowest BCUT2D eigenvalue weighted by atomic mass is 10.2. The molecule has 0 fully saturated rings. The van der Waals surface area contributed by atoms with Gasteiger partial charge in [-0.05, 0) is 50.0 Å². The summed E-state index contributed by atoms with van der Waals surface area (Å²) in [5.74, 6) is -0.589. The largest absolute Gasteiger partial charge is 0.482 e. The van der Waals surface area contributed by atoms with Crippen molar-refractivity contribution in [1.82, 2.24) is 4.90 Å². The van der Waals surface area contributed by atoms with Gasteiger partial charge in [0.05, 0.1) is 0 Å². The van der Waals surface area contributed by atoms with Gasteiger partial charge in [-0.3, -0.25) is 0 Å². The molecule has 0 aliphatic carbocycles. The highest BCUT2D eigenvalue weighted by atomic mass is 16.6. The molecule has 0 saturated heterocycles. The van der Waals surface area contributed by atoms with Gasteiger partial charge in [-0.2, -0.15) is 0 Å². The standard InChI is InChI=1S/C17H27N3O5/c18-8-1-2-10-20(11-3-9-19)17(23)25-12-14-4-6-15(7-5-14)24-13-16(21)22/h4-7H,1-3,8-13,18-19H2,(H,21,22). The van der Waals surface area contributed by atoms with Crippen LogP contribution < -0.4 is 16.2 Å². The highest BCUT2D eigenvalue weighted by molar-refractivity contribution is 5.68. The molecule has 0 radical (unpaired) electrons. The molecule has 0 spiro atoms. The van der Waals surface area contributed by atoms with Crippen LogP contribution in [0.25, 0.3) is 0 Å². The van der Waals surface area contributed by atoms with Crippen molar-refractivity contribution in [3.63, 3.8) is 0 Å². The highest BCUT2D eigenvalue weighted by Crippen LogP contribution is 2.13. The topological polar surface area (TPSA) is 128 Å². The van der Waals surface area contributed by atoms with Gasteiger partial charge in [0, 0.05) is 13.1 Å². The molecule has 8 nitrogen and oxygen atoms in total. The normalized spacial score (nSPS) is 10.3. The molecule has 0 unspecified atom stereocenters. The first-order chi connectivity index (χ1) is 12.1. The minimum absolute atomic E-state index is 0.133. The van der Waals surface area contributed by atoms with Crippen LogP contribution in [0.3, 0.4) is 0 Å². The van der Waals surface area contributed by atoms with Crippen molar-refractivity contribution in [3.05, 3.63) is 29.8 Å². The third-order valence-electron chi connectivity index (χ3n) is 3.42. The van der Waals surface area contributed by atoms with E-state index in [1.807, 2.05) is 0 Å². The number of amides is 1. The summed E-state index contributed by atoms with van der Waals surface area (Å²) in [5, 5.41) is 8.56. The Labute approximate surface area is 147 Å². The Hall–Kier alpha value is -2.32. The third-order valence-corrected chi connectivity index (χ3v) is 3.42. The zero-order valence-corrected chi connectivity index (χ0v) is 14.4. The summed E-state index contributed by atoms with van der Waals surface area (Å²) < 4.78 is 10.4. The SMILES string of the molecule is NCCCCN(CCCN)C(=O)OCc1ccc(OCC(=O)O)cc1. The molecule has 1 rings (SSSR count). The van der Waals surface area contributed by atoms with E-state index in [0.717, 1.165) is 18.4 Å². The second-order valence-corrected chi connectivity index (χ2v) is 5.51. The van der Waals surface area contributed by atoms with Crippen molar-refractivity contribution < 1.29 is 24.2 Å². The number of carbonyl (C=O) groups excluding carboxylic acids is 1. The average molecular weight is 353 g/mol. The number of unbranched alkanes of at least 4 members (excludes halogenated alkanes) is 1. The molecule has 25 heavy (non-hydrogen) atoms. The lowest BCUT2D eigenvalue weighted by molar-refractivity contribution is -0.139. The summed E-state index contributed by atoms with van der Waals surface area (Å²) in [4.78, 5) is 24.3. The molecule has 1 aromatic rings. The second-order valence-electron chi connectivity index (χ2n) is 5.51. The number of hydrogen-bond donors (Lipinski definition) is 3. The van der Waals surface area contributed by atoms with Gasteiger partial charge in [0.25, 0.3) is 0 Å². The number of carboxylic acid groups (broad SMARTS) is 1. The minimum atomic E-state index is -1.04. The fraction of sp³-hybridized carbons (Fsp3) is 0.529. The highest BCUT2D eigenvalue weighted by Gasteiger charge is 2.14. The van der Waals surface area contributed by atoms with Crippen LogP contribution >= 0.6 is 0 Å². The molecule has 0 bridgehead atoms. The molecule has 1 aromatic carbocycles. The smallest absolute Gasteiger partial charge is 0.410 e. The Kier molecular flexibility index (Phi) is 10.0. The van der Waals surface area contributed by atoms with Crippen LogP contribution in [0.1, 0.15) is 24.8 Å². The van der Waals surface area contributed by atoms with Crippen molar-refractivity contribution in [3.8, 4) is 5.75 Å². The molecule has 0 aromatic heterocycles. The van der Waals surface area contributed by atoms with E-state index in [2.05, 4.69) is 0 Å². The maximum atomic E-state index is 12.2. The Morgan fingerprint density at radius 2 is 1.64 bits per heavy atom. The molecular formula is C17H27N3O5. The maximum absolute atomic E-state index is 12.2. The van der Waals surface area contributed by atoms with Crippen molar-refractivity contribution in [2.75, 3.05) is 32.8 Å². The predicted molar refractivity (Wildman–Crippen MR) is 93.3 cm³/mol. The van der Waals surface area contributed by atoms with E-state index < -0.39 is 12.6 Å². The molecule has 5 N–H and O–H groups in total. The van der Waals surface area contributed by atoms with E-state index in [-0.39, 0.29) is 12.7 Å². The average Bonchev–Trinajstić information content (AvgIpc) is 2.61. The fourth-order valence-electron chi connectivity index (χ4n) is 2.09. The molecule has 0 heterocycles. The minimum Gasteiger partial charge on any atom is -0.482 e. The fourth-order valence-corrected chi connectivity index (χ4v) is 2.09. The van der Waals surface area contributed by atoms with Crippen molar-refractivity contribution in [1.29, 1.82) is 0 Å². The van der Waals surface area contributed by atoms with Gasteiger partial charge in [-0.25, -0.2) is 9.59 Å². The number of benzene rings is 1. The molecule has 0 aliphatic heterocycles. The van der Waals surface area contributed by atoms with Gasteiger partial charge in [0.2, 0.25) is 0 Å². The maximum Gasteiger partial charge on any atom is 0.410 e. The van der Waals surface area contributed by atoms with E-state index >= 15 is 0 Å². The van der Waals surface area contributed by atoms with Crippen LogP contribution in [0.2, 0.25) is 0 Å². The van der Waals surface area contributed by atoms with Crippen molar-refractivity contribution in [2.24, 2.45) is 11.5 Å². The van der Waals surface area contributed by atoms with Crippen molar-refractivity contribution in [2.45, 2.75) is 25.9 Å². The van der Waals surface area contributed by atoms with Gasteiger partial charge in [-0.15, -0.1) is 0 Å². The zero-order chi connectivity index (χ0) is 18.5. The summed E-state index contributed by atoms with van der Waals surface area (Å²) in [6.07, 6.45) is 2.01. The molecule has 8 heteroatoms. The lowest BCUT2D eigenvalue weighted by Gasteiger charge is -2.22. The number of rotatable bonds is 12. The Morgan fingerprint density at radius 1 is 1.00 bits per heavy atom. The Morgan fingerprint density at radius 3 is 2.24 bits per heavy atom. The van der Waals surface area contributed by atoms with Crippen LogP contribution in [0.15, 0.2) is 24.3 Å². The molecular weight excluding hydrogens is 326 g/mol. The Balaban J connectivity index is 2.46. The number of hydrogen-bond acceptors (Lipinski definition) is 6. The monoisotopic (exact) mass is 353 g/mol. The number of aliphatic carboxylic acids is 1. The van der Waals surface area contributed by atoms with E-state index in [1.54, 1.807) is 29.2 Å². The molecule has 1 amide bonds. The lowest BCUT2D eigenvalue weighted by Crippen LogP contribution is -2.34. The summed E-state index contributed by atoms with van der Waals surface area (Å²) in [6, 6.07) is 6.73. The Bertz CT molecular complexity index is 522. The zero-order valence-electron chi connectivity index (χ0n) is 14.4. The predicted octanol–water partition coefficient (Wildman–Crippen LogP) is 1.18. The number of carbonyl (C=O) groups is 2. The first-order valence-electron chi connectivity index (χ1n) is 8.32. The van der Waals surface area contributed by atoms with Crippen LogP contribution in [0.5, 0.6) is 5.75 Å². The first-order valence-corrected chi connectivity index (χ1v) is 8.32. The van der Waals surface area contributed by atoms with Gasteiger partial charge in [0.1, 0.15) is 12.4 Å². The van der Waals surface area contributed by atoms with Crippen LogP contribution in [0.4, 0.5) is 4.79 Å². The second kappa shape index (κ2) is 12.1. The molecule has 0 aliphatic rings. The van der Waals surface area contributed by atoms with E-state index in [1.165, 1.54) is 0 Å². The number of nitrogens with two attached hydrogens (primary N) is 2. The summed E-state index contributed by atoms with van der Waals surface area (Å²) in [7, 11) is 0. The quantitative estimate of drug-likeness (QED) is 0.481. The third kappa shape index (κ3) is 8.92. The van der Waals surface area contributed by atoms with Gasteiger partial charge in [-0.1, -0.05) is 12.1 Å². The first kappa shape index (κ1) is 20.7. The summed E-state index contributed by atoms with van der Waals surface area (Å²) in [5.41, 5.74) is 11.8. The molecule has 0 saturated carbocycles. The van der Waals surface area contributed by atoms with Crippen LogP contribution in [-0.4, -0.2) is 54.9 Å².